The average Bonchev–Trinajstić information content (AvgIpc) is 2.89. The van der Waals surface area contributed by atoms with Gasteiger partial charge in [-0.05, 0) is 30.2 Å². The van der Waals surface area contributed by atoms with Gasteiger partial charge < -0.3 is 38.3 Å². The number of anilines is 1. The standard InChI is InChI=1S/C23H32N4O12/c1-14(37-15(2)29)21(38-16(3)30)22(36-13-20(31)33-4)39-23(32)26-18-6-5-17(12-28)11-19(18)35-10-9-34-8-7-25-27-24/h5-6,11,14,21-22,28H,7-10,12-13H2,1-4H3,(H,26,32)/t14?,21-,22?/m1/s1. The summed E-state index contributed by atoms with van der Waals surface area (Å²) in [5.41, 5.74) is 8.88. The Balaban J connectivity index is 3.04. The number of nitrogens with one attached hydrogen (secondary N) is 1. The lowest BCUT2D eigenvalue weighted by molar-refractivity contribution is -0.213. The summed E-state index contributed by atoms with van der Waals surface area (Å²) >= 11 is 0. The van der Waals surface area contributed by atoms with E-state index in [1.807, 2.05) is 0 Å². The van der Waals surface area contributed by atoms with Crippen molar-refractivity contribution >= 4 is 29.7 Å². The number of nitrogens with zero attached hydrogens (tertiary/aromatic N) is 3. The summed E-state index contributed by atoms with van der Waals surface area (Å²) in [5, 5.41) is 15.2. The molecule has 0 radical (unpaired) electrons. The van der Waals surface area contributed by atoms with Crippen molar-refractivity contribution in [2.75, 3.05) is 45.4 Å². The summed E-state index contributed by atoms with van der Waals surface area (Å²) < 4.78 is 36.2. The lowest BCUT2D eigenvalue weighted by Crippen LogP contribution is -2.46. The normalized spacial score (nSPS) is 12.6. The van der Waals surface area contributed by atoms with Crippen LogP contribution in [-0.2, 0) is 49.4 Å². The molecular weight excluding hydrogens is 524 g/mol. The third kappa shape index (κ3) is 13.3. The largest absolute Gasteiger partial charge is 0.489 e. The first-order chi connectivity index (χ1) is 18.6. The van der Waals surface area contributed by atoms with Gasteiger partial charge in [-0.1, -0.05) is 11.2 Å². The van der Waals surface area contributed by atoms with Crippen molar-refractivity contribution in [2.45, 2.75) is 45.9 Å². The Hall–Kier alpha value is -4.11. The van der Waals surface area contributed by atoms with Crippen LogP contribution in [0.2, 0.25) is 0 Å². The Kier molecular flexibility index (Phi) is 15.4. The van der Waals surface area contributed by atoms with Crippen LogP contribution in [0.1, 0.15) is 26.3 Å². The van der Waals surface area contributed by atoms with Crippen LogP contribution in [0, 0.1) is 0 Å². The molecule has 1 amide bonds. The fourth-order valence-electron chi connectivity index (χ4n) is 2.89. The third-order valence-electron chi connectivity index (χ3n) is 4.55. The molecule has 1 aromatic rings. The number of ether oxygens (including phenoxy) is 7. The van der Waals surface area contributed by atoms with E-state index in [-0.39, 0.29) is 44.4 Å². The monoisotopic (exact) mass is 556 g/mol. The first kappa shape index (κ1) is 32.9. The van der Waals surface area contributed by atoms with Crippen LogP contribution < -0.4 is 10.1 Å². The summed E-state index contributed by atoms with van der Waals surface area (Å²) in [6, 6.07) is 4.44. The van der Waals surface area contributed by atoms with E-state index in [1.165, 1.54) is 25.1 Å². The van der Waals surface area contributed by atoms with Gasteiger partial charge in [0.15, 0.2) is 0 Å². The average molecular weight is 557 g/mol. The lowest BCUT2D eigenvalue weighted by atomic mass is 10.2. The Bertz CT molecular complexity index is 1010. The molecule has 39 heavy (non-hydrogen) atoms. The number of aliphatic hydroxyl groups excluding tert-OH is 1. The van der Waals surface area contributed by atoms with Gasteiger partial charge in [0.25, 0.3) is 0 Å². The van der Waals surface area contributed by atoms with Gasteiger partial charge >= 0.3 is 24.0 Å². The highest BCUT2D eigenvalue weighted by atomic mass is 16.7. The van der Waals surface area contributed by atoms with Crippen LogP contribution in [0.15, 0.2) is 23.3 Å². The molecule has 1 rings (SSSR count). The van der Waals surface area contributed by atoms with E-state index in [0.29, 0.717) is 5.56 Å². The number of esters is 3. The number of carbonyl (C=O) groups excluding carboxylic acids is 4. The van der Waals surface area contributed by atoms with E-state index >= 15 is 0 Å². The minimum Gasteiger partial charge on any atom is -0.489 e. The zero-order valence-electron chi connectivity index (χ0n) is 22.0. The molecule has 2 unspecified atom stereocenters. The molecule has 2 N–H and O–H groups in total. The van der Waals surface area contributed by atoms with Gasteiger partial charge in [-0.3, -0.25) is 14.9 Å². The molecule has 16 heteroatoms. The van der Waals surface area contributed by atoms with E-state index in [2.05, 4.69) is 20.1 Å². The van der Waals surface area contributed by atoms with Crippen molar-refractivity contribution in [1.29, 1.82) is 0 Å². The summed E-state index contributed by atoms with van der Waals surface area (Å²) in [7, 11) is 1.11. The Morgan fingerprint density at radius 3 is 2.41 bits per heavy atom. The number of hydrogen-bond acceptors (Lipinski definition) is 13. The number of hydrogen-bond donors (Lipinski definition) is 2. The van der Waals surface area contributed by atoms with E-state index in [9.17, 15) is 24.3 Å². The number of carbonyl (C=O) groups is 4. The van der Waals surface area contributed by atoms with E-state index in [0.717, 1.165) is 21.0 Å². The Labute approximate surface area is 224 Å². The summed E-state index contributed by atoms with van der Waals surface area (Å²) in [4.78, 5) is 50.2. The number of aliphatic hydroxyl groups is 1. The minimum absolute atomic E-state index is 0.0498. The highest BCUT2D eigenvalue weighted by Gasteiger charge is 2.36. The fourth-order valence-corrected chi connectivity index (χ4v) is 2.89. The molecule has 0 aromatic heterocycles. The second-order valence-electron chi connectivity index (χ2n) is 7.58. The predicted molar refractivity (Wildman–Crippen MR) is 131 cm³/mol. The molecule has 0 spiro atoms. The SMILES string of the molecule is COC(=O)COC(OC(=O)Nc1ccc(CO)cc1OCCOCCN=[N+]=[N-])[C@H](OC(C)=O)C(C)OC(C)=O. The first-order valence-corrected chi connectivity index (χ1v) is 11.6. The smallest absolute Gasteiger partial charge is 0.414 e. The second-order valence-corrected chi connectivity index (χ2v) is 7.58. The predicted octanol–water partition coefficient (Wildman–Crippen LogP) is 1.83. The Morgan fingerprint density at radius 2 is 1.79 bits per heavy atom. The number of rotatable bonds is 17. The maximum Gasteiger partial charge on any atom is 0.414 e. The van der Waals surface area contributed by atoms with Crippen LogP contribution in [0.4, 0.5) is 10.5 Å². The Morgan fingerprint density at radius 1 is 1.08 bits per heavy atom. The molecule has 0 saturated heterocycles. The first-order valence-electron chi connectivity index (χ1n) is 11.6. The van der Waals surface area contributed by atoms with E-state index in [4.69, 9.17) is 34.0 Å². The van der Waals surface area contributed by atoms with Gasteiger partial charge in [-0.15, -0.1) is 0 Å². The summed E-state index contributed by atoms with van der Waals surface area (Å²) in [6.45, 7) is 3.12. The van der Waals surface area contributed by atoms with Gasteiger partial charge in [0, 0.05) is 25.3 Å². The number of amides is 1. The second kappa shape index (κ2) is 18.2. The van der Waals surface area contributed by atoms with Crippen molar-refractivity contribution in [2.24, 2.45) is 5.11 Å². The summed E-state index contributed by atoms with van der Waals surface area (Å²) in [5.74, 6) is -2.16. The highest BCUT2D eigenvalue weighted by molar-refractivity contribution is 5.87. The number of methoxy groups -OCH3 is 1. The van der Waals surface area contributed by atoms with Gasteiger partial charge in [0.05, 0.1) is 32.6 Å². The van der Waals surface area contributed by atoms with Crippen LogP contribution in [-0.4, -0.2) is 87.7 Å². The van der Waals surface area contributed by atoms with Crippen molar-refractivity contribution < 1.29 is 57.4 Å². The molecule has 0 bridgehead atoms. The van der Waals surface area contributed by atoms with Gasteiger partial charge in [0.2, 0.25) is 12.4 Å². The fraction of sp³-hybridized carbons (Fsp3) is 0.565. The van der Waals surface area contributed by atoms with Crippen LogP contribution in [0.25, 0.3) is 10.4 Å². The van der Waals surface area contributed by atoms with Crippen molar-refractivity contribution in [1.82, 2.24) is 0 Å². The van der Waals surface area contributed by atoms with Gasteiger partial charge in [-0.25, -0.2) is 9.59 Å². The topological polar surface area (TPSA) is 214 Å². The lowest BCUT2D eigenvalue weighted by Gasteiger charge is -2.29. The summed E-state index contributed by atoms with van der Waals surface area (Å²) in [6.07, 6.45) is -5.39. The van der Waals surface area contributed by atoms with Crippen molar-refractivity contribution in [3.63, 3.8) is 0 Å². The van der Waals surface area contributed by atoms with E-state index in [1.54, 1.807) is 0 Å². The highest BCUT2D eigenvalue weighted by Crippen LogP contribution is 2.27. The maximum atomic E-state index is 12.8. The molecular formula is C23H32N4O12. The van der Waals surface area contributed by atoms with Gasteiger partial charge in [-0.2, -0.15) is 0 Å². The molecule has 16 nitrogen and oxygen atoms in total. The van der Waals surface area contributed by atoms with Crippen molar-refractivity contribution in [3.05, 3.63) is 34.2 Å². The van der Waals surface area contributed by atoms with Crippen molar-refractivity contribution in [3.8, 4) is 5.75 Å². The third-order valence-corrected chi connectivity index (χ3v) is 4.55. The number of azide groups is 1. The minimum atomic E-state index is -1.70. The molecule has 3 atom stereocenters. The molecule has 1 aromatic carbocycles. The molecule has 0 aliphatic rings. The molecule has 0 aliphatic carbocycles. The number of benzene rings is 1. The molecule has 0 fully saturated rings. The zero-order chi connectivity index (χ0) is 29.2. The zero-order valence-corrected chi connectivity index (χ0v) is 22.0. The molecule has 0 aliphatic heterocycles. The van der Waals surface area contributed by atoms with Crippen LogP contribution in [0.3, 0.4) is 0 Å². The van der Waals surface area contributed by atoms with Crippen LogP contribution >= 0.6 is 0 Å². The quantitative estimate of drug-likeness (QED) is 0.0535. The molecule has 216 valence electrons. The maximum absolute atomic E-state index is 12.8. The van der Waals surface area contributed by atoms with Crippen LogP contribution in [0.5, 0.6) is 5.75 Å². The van der Waals surface area contributed by atoms with Gasteiger partial charge in [0.1, 0.15) is 25.1 Å². The molecule has 0 heterocycles. The van der Waals surface area contributed by atoms with E-state index < -0.39 is 49.1 Å². The molecule has 0 saturated carbocycles.